The summed E-state index contributed by atoms with van der Waals surface area (Å²) in [6.07, 6.45) is -0.0966. The maximum Gasteiger partial charge on any atom is 0.317 e. The van der Waals surface area contributed by atoms with Crippen LogP contribution < -0.4 is 5.32 Å². The molecule has 1 heterocycles. The number of nitrogens with one attached hydrogen (secondary N) is 1. The zero-order valence-corrected chi connectivity index (χ0v) is 14.4. The fourth-order valence-electron chi connectivity index (χ4n) is 2.24. The molecule has 0 saturated carbocycles. The van der Waals surface area contributed by atoms with Crippen molar-refractivity contribution in [3.8, 4) is 0 Å². The number of benzene rings is 1. The smallest absolute Gasteiger partial charge is 0.317 e. The highest BCUT2D eigenvalue weighted by Gasteiger charge is 2.13. The number of amides is 2. The van der Waals surface area contributed by atoms with E-state index in [4.69, 9.17) is 4.52 Å². The highest BCUT2D eigenvalue weighted by atomic mass is 16.5. The lowest BCUT2D eigenvalue weighted by Crippen LogP contribution is -2.37. The number of aromatic nitrogens is 1. The third-order valence-electron chi connectivity index (χ3n) is 3.84. The van der Waals surface area contributed by atoms with Crippen molar-refractivity contribution >= 4 is 6.03 Å². The number of aliphatic hydroxyl groups excluding tert-OH is 1. The molecule has 1 atom stereocenters. The third-order valence-corrected chi connectivity index (χ3v) is 3.84. The predicted molar refractivity (Wildman–Crippen MR) is 91.5 cm³/mol. The molecule has 2 rings (SSSR count). The van der Waals surface area contributed by atoms with Crippen molar-refractivity contribution in [2.24, 2.45) is 0 Å². The Morgan fingerprint density at radius 3 is 2.67 bits per heavy atom. The molecule has 130 valence electrons. The minimum atomic E-state index is -0.578. The summed E-state index contributed by atoms with van der Waals surface area (Å²) < 4.78 is 5.20. The van der Waals surface area contributed by atoms with Gasteiger partial charge in [0.1, 0.15) is 11.5 Å². The molecule has 2 N–H and O–H groups in total. The van der Waals surface area contributed by atoms with Crippen molar-refractivity contribution in [3.05, 3.63) is 53.4 Å². The molecule has 2 amide bonds. The van der Waals surface area contributed by atoms with Gasteiger partial charge < -0.3 is 19.8 Å². The van der Waals surface area contributed by atoms with Crippen LogP contribution in [0.3, 0.4) is 0 Å². The standard InChI is InChI=1S/C18H25N3O3/c1-13(2)17-11-15(20-24-17)12-19-18(23)21(3)10-9-16(22)14-7-5-4-6-8-14/h4-8,11,13,16,22H,9-10,12H2,1-3H3,(H,19,23). The molecule has 1 aromatic carbocycles. The number of urea groups is 1. The van der Waals surface area contributed by atoms with Gasteiger partial charge in [-0.1, -0.05) is 49.3 Å². The van der Waals surface area contributed by atoms with Crippen molar-refractivity contribution in [1.82, 2.24) is 15.4 Å². The van der Waals surface area contributed by atoms with Crippen LogP contribution in [0.15, 0.2) is 40.9 Å². The number of hydrogen-bond acceptors (Lipinski definition) is 4. The first-order valence-electron chi connectivity index (χ1n) is 8.15. The fraction of sp³-hybridized carbons (Fsp3) is 0.444. The van der Waals surface area contributed by atoms with Crippen LogP contribution in [0, 0.1) is 0 Å². The molecular formula is C18H25N3O3. The Balaban J connectivity index is 1.75. The molecule has 0 saturated heterocycles. The van der Waals surface area contributed by atoms with E-state index in [1.165, 1.54) is 0 Å². The second kappa shape index (κ2) is 8.49. The van der Waals surface area contributed by atoms with Gasteiger partial charge in [0.05, 0.1) is 12.6 Å². The minimum absolute atomic E-state index is 0.204. The number of aliphatic hydroxyl groups is 1. The maximum atomic E-state index is 12.1. The Kier molecular flexibility index (Phi) is 6.37. The van der Waals surface area contributed by atoms with Crippen molar-refractivity contribution in [2.45, 2.75) is 38.8 Å². The summed E-state index contributed by atoms with van der Waals surface area (Å²) in [5.41, 5.74) is 1.56. The molecule has 0 bridgehead atoms. The average molecular weight is 331 g/mol. The highest BCUT2D eigenvalue weighted by molar-refractivity contribution is 5.73. The van der Waals surface area contributed by atoms with E-state index >= 15 is 0 Å². The molecular weight excluding hydrogens is 306 g/mol. The van der Waals surface area contributed by atoms with Gasteiger partial charge in [0, 0.05) is 25.6 Å². The van der Waals surface area contributed by atoms with Gasteiger partial charge in [-0.2, -0.15) is 0 Å². The SMILES string of the molecule is CC(C)c1cc(CNC(=O)N(C)CCC(O)c2ccccc2)no1. The summed E-state index contributed by atoms with van der Waals surface area (Å²) in [4.78, 5) is 13.6. The molecule has 2 aromatic rings. The summed E-state index contributed by atoms with van der Waals surface area (Å²) in [6.45, 7) is 4.82. The van der Waals surface area contributed by atoms with Gasteiger partial charge in [0.2, 0.25) is 0 Å². The normalized spacial score (nSPS) is 12.2. The summed E-state index contributed by atoms with van der Waals surface area (Å²) >= 11 is 0. The van der Waals surface area contributed by atoms with Crippen molar-refractivity contribution in [2.75, 3.05) is 13.6 Å². The lowest BCUT2D eigenvalue weighted by Gasteiger charge is -2.19. The van der Waals surface area contributed by atoms with Crippen LogP contribution in [-0.2, 0) is 6.54 Å². The Morgan fingerprint density at radius 2 is 2.04 bits per heavy atom. The van der Waals surface area contributed by atoms with Gasteiger partial charge in [0.15, 0.2) is 0 Å². The number of carbonyl (C=O) groups excluding carboxylic acids is 1. The van der Waals surface area contributed by atoms with Crippen LogP contribution in [0.2, 0.25) is 0 Å². The van der Waals surface area contributed by atoms with E-state index in [0.29, 0.717) is 25.2 Å². The second-order valence-corrected chi connectivity index (χ2v) is 6.17. The molecule has 6 heteroatoms. The van der Waals surface area contributed by atoms with E-state index in [2.05, 4.69) is 10.5 Å². The molecule has 24 heavy (non-hydrogen) atoms. The maximum absolute atomic E-state index is 12.1. The summed E-state index contributed by atoms with van der Waals surface area (Å²) in [5, 5.41) is 16.9. The van der Waals surface area contributed by atoms with Gasteiger partial charge in [0.25, 0.3) is 0 Å². The molecule has 6 nitrogen and oxygen atoms in total. The Hall–Kier alpha value is -2.34. The van der Waals surface area contributed by atoms with E-state index < -0.39 is 6.10 Å². The monoisotopic (exact) mass is 331 g/mol. The Bertz CT molecular complexity index is 640. The van der Waals surface area contributed by atoms with Gasteiger partial charge in [-0.3, -0.25) is 0 Å². The molecule has 1 aromatic heterocycles. The lowest BCUT2D eigenvalue weighted by molar-refractivity contribution is 0.150. The van der Waals surface area contributed by atoms with E-state index in [1.54, 1.807) is 11.9 Å². The van der Waals surface area contributed by atoms with E-state index in [-0.39, 0.29) is 11.9 Å². The molecule has 0 fully saturated rings. The zero-order valence-electron chi connectivity index (χ0n) is 14.4. The summed E-state index contributed by atoms with van der Waals surface area (Å²) in [6, 6.07) is 11.1. The van der Waals surface area contributed by atoms with Gasteiger partial charge >= 0.3 is 6.03 Å². The first kappa shape index (κ1) is 18.0. The number of carbonyl (C=O) groups is 1. The van der Waals surface area contributed by atoms with E-state index in [9.17, 15) is 9.90 Å². The first-order valence-corrected chi connectivity index (χ1v) is 8.15. The quantitative estimate of drug-likeness (QED) is 0.817. The molecule has 0 aliphatic heterocycles. The van der Waals surface area contributed by atoms with Gasteiger partial charge in [-0.25, -0.2) is 4.79 Å². The fourth-order valence-corrected chi connectivity index (χ4v) is 2.24. The van der Waals surface area contributed by atoms with Crippen LogP contribution in [0.1, 0.15) is 49.3 Å². The topological polar surface area (TPSA) is 78.6 Å². The minimum Gasteiger partial charge on any atom is -0.388 e. The highest BCUT2D eigenvalue weighted by Crippen LogP contribution is 2.16. The molecule has 0 radical (unpaired) electrons. The van der Waals surface area contributed by atoms with Crippen LogP contribution in [0.5, 0.6) is 0 Å². The van der Waals surface area contributed by atoms with E-state index in [0.717, 1.165) is 11.3 Å². The van der Waals surface area contributed by atoms with Crippen LogP contribution in [0.4, 0.5) is 4.79 Å². The second-order valence-electron chi connectivity index (χ2n) is 6.17. The average Bonchev–Trinajstić information content (AvgIpc) is 3.07. The van der Waals surface area contributed by atoms with E-state index in [1.807, 2.05) is 50.2 Å². The molecule has 0 aliphatic carbocycles. The molecule has 0 spiro atoms. The number of nitrogens with zero attached hydrogens (tertiary/aromatic N) is 2. The van der Waals surface area contributed by atoms with Gasteiger partial charge in [-0.05, 0) is 12.0 Å². The van der Waals surface area contributed by atoms with Crippen LogP contribution in [0.25, 0.3) is 0 Å². The number of rotatable bonds is 7. The first-order chi connectivity index (χ1) is 11.5. The predicted octanol–water partition coefficient (Wildman–Crippen LogP) is 3.06. The molecule has 0 aliphatic rings. The van der Waals surface area contributed by atoms with Crippen molar-refractivity contribution in [1.29, 1.82) is 0 Å². The van der Waals surface area contributed by atoms with Crippen LogP contribution >= 0.6 is 0 Å². The largest absolute Gasteiger partial charge is 0.388 e. The van der Waals surface area contributed by atoms with Crippen molar-refractivity contribution in [3.63, 3.8) is 0 Å². The van der Waals surface area contributed by atoms with Gasteiger partial charge in [-0.15, -0.1) is 0 Å². The lowest BCUT2D eigenvalue weighted by atomic mass is 10.1. The molecule has 1 unspecified atom stereocenters. The third kappa shape index (κ3) is 5.09. The summed E-state index contributed by atoms with van der Waals surface area (Å²) in [7, 11) is 1.70. The van der Waals surface area contributed by atoms with Crippen LogP contribution in [-0.4, -0.2) is 34.8 Å². The van der Waals surface area contributed by atoms with Crippen molar-refractivity contribution < 1.29 is 14.4 Å². The Labute approximate surface area is 142 Å². The zero-order chi connectivity index (χ0) is 17.5. The Morgan fingerprint density at radius 1 is 1.33 bits per heavy atom. The number of hydrogen-bond donors (Lipinski definition) is 2. The summed E-state index contributed by atoms with van der Waals surface area (Å²) in [5.74, 6) is 1.07.